The zero-order chi connectivity index (χ0) is 15.1. The van der Waals surface area contributed by atoms with Crippen LogP contribution in [0.15, 0.2) is 45.6 Å². The zero-order valence-corrected chi connectivity index (χ0v) is 12.4. The number of hydrogen-bond acceptors (Lipinski definition) is 3. The van der Waals surface area contributed by atoms with E-state index in [1.54, 1.807) is 31.3 Å². The summed E-state index contributed by atoms with van der Waals surface area (Å²) in [6.45, 7) is 0. The minimum absolute atomic E-state index is 0.282. The van der Waals surface area contributed by atoms with Crippen LogP contribution in [0.25, 0.3) is 11.1 Å². The van der Waals surface area contributed by atoms with Crippen LogP contribution in [0.5, 0.6) is 0 Å². The van der Waals surface area contributed by atoms with Gasteiger partial charge in [-0.25, -0.2) is 4.79 Å². The summed E-state index contributed by atoms with van der Waals surface area (Å²) in [5, 5.41) is 0.745. The minimum Gasteiger partial charge on any atom is -0.408 e. The van der Waals surface area contributed by atoms with E-state index >= 15 is 0 Å². The maximum Gasteiger partial charge on any atom is 0.419 e. The predicted molar refractivity (Wildman–Crippen MR) is 81.3 cm³/mol. The first-order chi connectivity index (χ1) is 9.97. The summed E-state index contributed by atoms with van der Waals surface area (Å²) in [5.41, 5.74) is 1.66. The summed E-state index contributed by atoms with van der Waals surface area (Å²) < 4.78 is 6.45. The summed E-state index contributed by atoms with van der Waals surface area (Å²) >= 11 is 11.9. The van der Waals surface area contributed by atoms with E-state index in [0.29, 0.717) is 32.3 Å². The van der Waals surface area contributed by atoms with Gasteiger partial charge in [0, 0.05) is 23.2 Å². The molecule has 0 amide bonds. The zero-order valence-electron chi connectivity index (χ0n) is 10.9. The normalized spacial score (nSPS) is 11.0. The van der Waals surface area contributed by atoms with E-state index in [1.807, 2.05) is 0 Å². The van der Waals surface area contributed by atoms with E-state index in [2.05, 4.69) is 0 Å². The van der Waals surface area contributed by atoms with Crippen LogP contribution in [-0.2, 0) is 7.05 Å². The second-order valence-corrected chi connectivity index (χ2v) is 5.41. The van der Waals surface area contributed by atoms with Crippen molar-refractivity contribution in [3.05, 3.63) is 68.1 Å². The highest BCUT2D eigenvalue weighted by Gasteiger charge is 2.15. The van der Waals surface area contributed by atoms with Crippen molar-refractivity contribution < 1.29 is 9.21 Å². The fraction of sp³-hybridized carbons (Fsp3) is 0.0667. The lowest BCUT2D eigenvalue weighted by Crippen LogP contribution is -2.08. The quantitative estimate of drug-likeness (QED) is 0.677. The number of benzene rings is 2. The molecule has 4 nitrogen and oxygen atoms in total. The van der Waals surface area contributed by atoms with Gasteiger partial charge in [-0.1, -0.05) is 23.2 Å². The highest BCUT2D eigenvalue weighted by atomic mass is 35.5. The van der Waals surface area contributed by atoms with E-state index in [1.165, 1.54) is 16.7 Å². The van der Waals surface area contributed by atoms with E-state index < -0.39 is 5.76 Å². The number of aromatic nitrogens is 1. The number of fused-ring (bicyclic) bond motifs is 1. The van der Waals surface area contributed by atoms with E-state index in [0.717, 1.165) is 0 Å². The second kappa shape index (κ2) is 5.06. The third-order valence-electron chi connectivity index (χ3n) is 3.23. The highest BCUT2D eigenvalue weighted by Crippen LogP contribution is 2.24. The number of nitrogens with zero attached hydrogens (tertiary/aromatic N) is 1. The number of hydrogen-bond donors (Lipinski definition) is 0. The summed E-state index contributed by atoms with van der Waals surface area (Å²) in [6, 6.07) is 9.50. The average Bonchev–Trinajstić information content (AvgIpc) is 2.75. The molecule has 6 heteroatoms. The highest BCUT2D eigenvalue weighted by molar-refractivity contribution is 6.36. The lowest BCUT2D eigenvalue weighted by molar-refractivity contribution is 0.103. The molecule has 106 valence electrons. The monoisotopic (exact) mass is 321 g/mol. The van der Waals surface area contributed by atoms with E-state index in [4.69, 9.17) is 27.6 Å². The number of ketones is 1. The lowest BCUT2D eigenvalue weighted by atomic mass is 10.0. The molecule has 0 unspecified atom stereocenters. The van der Waals surface area contributed by atoms with Crippen LogP contribution in [0.3, 0.4) is 0 Å². The molecule has 0 spiro atoms. The van der Waals surface area contributed by atoms with Gasteiger partial charge in [0.15, 0.2) is 11.4 Å². The molecule has 0 bridgehead atoms. The van der Waals surface area contributed by atoms with Crippen LogP contribution in [0, 0.1) is 0 Å². The van der Waals surface area contributed by atoms with Crippen molar-refractivity contribution in [1.29, 1.82) is 0 Å². The molecular formula is C15H9Cl2NO3. The molecule has 1 aromatic heterocycles. The van der Waals surface area contributed by atoms with Crippen molar-refractivity contribution in [3.8, 4) is 0 Å². The van der Waals surface area contributed by atoms with E-state index in [-0.39, 0.29) is 5.78 Å². The number of oxazole rings is 1. The largest absolute Gasteiger partial charge is 0.419 e. The van der Waals surface area contributed by atoms with Gasteiger partial charge in [-0.05, 0) is 36.4 Å². The summed E-state index contributed by atoms with van der Waals surface area (Å²) in [4.78, 5) is 23.9. The topological polar surface area (TPSA) is 52.2 Å². The Morgan fingerprint density at radius 1 is 1.14 bits per heavy atom. The van der Waals surface area contributed by atoms with Gasteiger partial charge in [0.1, 0.15) is 0 Å². The molecular weight excluding hydrogens is 313 g/mol. The second-order valence-electron chi connectivity index (χ2n) is 4.56. The maximum atomic E-state index is 12.5. The molecule has 0 radical (unpaired) electrons. The molecule has 3 aromatic rings. The molecule has 2 aromatic carbocycles. The van der Waals surface area contributed by atoms with Crippen molar-refractivity contribution in [2.75, 3.05) is 0 Å². The third-order valence-corrected chi connectivity index (χ3v) is 3.79. The van der Waals surface area contributed by atoms with Gasteiger partial charge in [-0.15, -0.1) is 0 Å². The van der Waals surface area contributed by atoms with Crippen molar-refractivity contribution in [2.24, 2.45) is 7.05 Å². The number of carbonyl (C=O) groups excluding carboxylic acids is 1. The summed E-state index contributed by atoms with van der Waals surface area (Å²) in [7, 11) is 1.60. The van der Waals surface area contributed by atoms with Crippen molar-refractivity contribution in [2.45, 2.75) is 0 Å². The van der Waals surface area contributed by atoms with Gasteiger partial charge in [-0.3, -0.25) is 9.36 Å². The Kier molecular flexibility index (Phi) is 3.35. The Bertz CT molecular complexity index is 924. The fourth-order valence-corrected chi connectivity index (χ4v) is 2.48. The summed E-state index contributed by atoms with van der Waals surface area (Å²) in [5.74, 6) is -0.758. The molecule has 3 rings (SSSR count). The number of halogens is 2. The summed E-state index contributed by atoms with van der Waals surface area (Å²) in [6.07, 6.45) is 0. The van der Waals surface area contributed by atoms with Gasteiger partial charge in [0.05, 0.1) is 10.5 Å². The molecule has 1 heterocycles. The van der Waals surface area contributed by atoms with Crippen LogP contribution in [0.2, 0.25) is 10.0 Å². The molecule has 21 heavy (non-hydrogen) atoms. The Morgan fingerprint density at radius 2 is 1.90 bits per heavy atom. The molecule has 0 saturated heterocycles. The smallest absolute Gasteiger partial charge is 0.408 e. The van der Waals surface area contributed by atoms with Gasteiger partial charge in [0.25, 0.3) is 0 Å². The minimum atomic E-state index is -0.476. The van der Waals surface area contributed by atoms with Crippen LogP contribution >= 0.6 is 23.2 Å². The van der Waals surface area contributed by atoms with Crippen LogP contribution < -0.4 is 5.76 Å². The first-order valence-electron chi connectivity index (χ1n) is 6.06. The Hall–Kier alpha value is -2.04. The molecule has 0 aliphatic heterocycles. The van der Waals surface area contributed by atoms with Crippen LogP contribution in [0.4, 0.5) is 0 Å². The van der Waals surface area contributed by atoms with Crippen molar-refractivity contribution in [1.82, 2.24) is 4.57 Å². The molecule has 0 fully saturated rings. The van der Waals surface area contributed by atoms with Gasteiger partial charge in [-0.2, -0.15) is 0 Å². The Labute approximate surface area is 129 Å². The SMILES string of the molecule is Cn1c(=O)oc2cc(C(=O)c3cc(Cl)ccc3Cl)ccc21. The molecule has 0 saturated carbocycles. The number of carbonyl (C=O) groups is 1. The molecule has 0 N–H and O–H groups in total. The van der Waals surface area contributed by atoms with Crippen molar-refractivity contribution in [3.63, 3.8) is 0 Å². The van der Waals surface area contributed by atoms with Crippen molar-refractivity contribution >= 4 is 40.1 Å². The number of aryl methyl sites for hydroxylation is 1. The first-order valence-corrected chi connectivity index (χ1v) is 6.82. The first kappa shape index (κ1) is 13.9. The van der Waals surface area contributed by atoms with Crippen LogP contribution in [-0.4, -0.2) is 10.4 Å². The fourth-order valence-electron chi connectivity index (χ4n) is 2.10. The predicted octanol–water partition coefficient (Wildman–Crippen LogP) is 3.67. The van der Waals surface area contributed by atoms with Gasteiger partial charge < -0.3 is 4.42 Å². The molecule has 0 atom stereocenters. The van der Waals surface area contributed by atoms with Gasteiger partial charge >= 0.3 is 5.76 Å². The average molecular weight is 322 g/mol. The molecule has 0 aliphatic rings. The van der Waals surface area contributed by atoms with E-state index in [9.17, 15) is 9.59 Å². The molecule has 0 aliphatic carbocycles. The Balaban J connectivity index is 2.13. The number of rotatable bonds is 2. The third kappa shape index (κ3) is 2.37. The van der Waals surface area contributed by atoms with Crippen LogP contribution in [0.1, 0.15) is 15.9 Å². The standard InChI is InChI=1S/C15H9Cl2NO3/c1-18-12-5-2-8(6-13(12)21-15(18)20)14(19)10-7-9(16)3-4-11(10)17/h2-7H,1H3. The lowest BCUT2D eigenvalue weighted by Gasteiger charge is -2.04. The van der Waals surface area contributed by atoms with Gasteiger partial charge in [0.2, 0.25) is 0 Å². The Morgan fingerprint density at radius 3 is 2.67 bits per heavy atom. The maximum absolute atomic E-state index is 12.5.